The molecule has 132 valence electrons. The molecule has 0 radical (unpaired) electrons. The lowest BCUT2D eigenvalue weighted by molar-refractivity contribution is -0.274. The molecular weight excluding hydrogens is 339 g/mol. The van der Waals surface area contributed by atoms with Gasteiger partial charge in [-0.05, 0) is 36.8 Å². The van der Waals surface area contributed by atoms with Crippen molar-refractivity contribution in [2.75, 3.05) is 7.11 Å². The minimum absolute atomic E-state index is 0.0433. The fraction of sp³-hybridized carbons (Fsp3) is 0.235. The first-order valence-electron chi connectivity index (χ1n) is 7.21. The van der Waals surface area contributed by atoms with E-state index in [0.717, 1.165) is 25.3 Å². The number of halogens is 3. The number of ketones is 1. The third-order valence-corrected chi connectivity index (χ3v) is 3.26. The van der Waals surface area contributed by atoms with Gasteiger partial charge in [-0.3, -0.25) is 9.78 Å². The number of esters is 1. The van der Waals surface area contributed by atoms with Gasteiger partial charge in [0.25, 0.3) is 0 Å². The largest absolute Gasteiger partial charge is 0.573 e. The van der Waals surface area contributed by atoms with Crippen molar-refractivity contribution < 1.29 is 32.2 Å². The molecule has 0 bridgehead atoms. The van der Waals surface area contributed by atoms with Gasteiger partial charge in [0.2, 0.25) is 0 Å². The summed E-state index contributed by atoms with van der Waals surface area (Å²) in [5.41, 5.74) is 0.243. The van der Waals surface area contributed by atoms with Crippen LogP contribution in [-0.4, -0.2) is 30.2 Å². The van der Waals surface area contributed by atoms with Gasteiger partial charge in [-0.15, -0.1) is 13.2 Å². The molecule has 1 aromatic carbocycles. The highest BCUT2D eigenvalue weighted by atomic mass is 19.4. The van der Waals surface area contributed by atoms with Crippen LogP contribution in [0.5, 0.6) is 5.75 Å². The van der Waals surface area contributed by atoms with E-state index in [0.29, 0.717) is 5.69 Å². The van der Waals surface area contributed by atoms with Gasteiger partial charge in [0.15, 0.2) is 5.78 Å². The highest BCUT2D eigenvalue weighted by molar-refractivity contribution is 6.01. The fourth-order valence-corrected chi connectivity index (χ4v) is 2.13. The van der Waals surface area contributed by atoms with E-state index in [9.17, 15) is 22.8 Å². The third kappa shape index (κ3) is 5.30. The number of methoxy groups -OCH3 is 1. The second-order valence-electron chi connectivity index (χ2n) is 4.99. The maximum Gasteiger partial charge on any atom is 0.573 e. The van der Waals surface area contributed by atoms with E-state index in [4.69, 9.17) is 0 Å². The third-order valence-electron chi connectivity index (χ3n) is 3.26. The first-order chi connectivity index (χ1) is 11.8. The van der Waals surface area contributed by atoms with E-state index in [-0.39, 0.29) is 24.0 Å². The van der Waals surface area contributed by atoms with E-state index in [1.54, 1.807) is 24.4 Å². The van der Waals surface area contributed by atoms with Crippen LogP contribution < -0.4 is 4.74 Å². The summed E-state index contributed by atoms with van der Waals surface area (Å²) in [4.78, 5) is 28.0. The normalized spacial score (nSPS) is 11.0. The van der Waals surface area contributed by atoms with Crippen LogP contribution in [0.1, 0.15) is 32.8 Å². The molecule has 0 atom stereocenters. The maximum atomic E-state index is 12.5. The highest BCUT2D eigenvalue weighted by Crippen LogP contribution is 2.28. The number of rotatable bonds is 6. The van der Waals surface area contributed by atoms with Crippen LogP contribution in [0.15, 0.2) is 42.6 Å². The van der Waals surface area contributed by atoms with Crippen LogP contribution in [0.4, 0.5) is 13.2 Å². The van der Waals surface area contributed by atoms with Crippen LogP contribution in [0, 0.1) is 0 Å². The van der Waals surface area contributed by atoms with Crippen LogP contribution >= 0.6 is 0 Å². The number of pyridine rings is 1. The number of Topliss-reactive ketones (excluding diaryl/α,β-unsaturated/α-hetero) is 1. The first-order valence-corrected chi connectivity index (χ1v) is 7.21. The summed E-state index contributed by atoms with van der Waals surface area (Å²) in [5, 5.41) is 0. The summed E-state index contributed by atoms with van der Waals surface area (Å²) in [6.45, 7) is 0. The topological polar surface area (TPSA) is 65.5 Å². The molecule has 0 saturated heterocycles. The number of aryl methyl sites for hydroxylation is 1. The molecule has 0 saturated carbocycles. The Morgan fingerprint density at radius 3 is 2.52 bits per heavy atom. The van der Waals surface area contributed by atoms with E-state index in [2.05, 4.69) is 14.5 Å². The molecule has 2 aromatic rings. The lowest BCUT2D eigenvalue weighted by atomic mass is 10.0. The number of alkyl halides is 3. The SMILES string of the molecule is COC(=O)c1ccc(OC(F)(F)F)c(C(=O)CCc2ccccn2)c1. The zero-order valence-corrected chi connectivity index (χ0v) is 13.2. The van der Waals surface area contributed by atoms with E-state index >= 15 is 0 Å². The highest BCUT2D eigenvalue weighted by Gasteiger charge is 2.33. The molecule has 0 amide bonds. The van der Waals surface area contributed by atoms with Gasteiger partial charge in [0, 0.05) is 18.3 Å². The van der Waals surface area contributed by atoms with Gasteiger partial charge in [-0.25, -0.2) is 4.79 Å². The number of ether oxygens (including phenoxy) is 2. The number of carbonyl (C=O) groups is 2. The molecule has 2 rings (SSSR count). The van der Waals surface area contributed by atoms with E-state index in [1.807, 2.05) is 0 Å². The Labute approximate surface area is 141 Å². The lowest BCUT2D eigenvalue weighted by Gasteiger charge is -2.13. The minimum atomic E-state index is -4.96. The van der Waals surface area contributed by atoms with Gasteiger partial charge in [-0.2, -0.15) is 0 Å². The molecule has 0 aliphatic carbocycles. The van der Waals surface area contributed by atoms with Crippen molar-refractivity contribution >= 4 is 11.8 Å². The molecule has 0 spiro atoms. The quantitative estimate of drug-likeness (QED) is 0.587. The van der Waals surface area contributed by atoms with Gasteiger partial charge in [0.05, 0.1) is 18.2 Å². The molecule has 0 fully saturated rings. The Kier molecular flexibility index (Phi) is 5.74. The Morgan fingerprint density at radius 1 is 1.16 bits per heavy atom. The van der Waals surface area contributed by atoms with Crippen molar-refractivity contribution in [1.29, 1.82) is 0 Å². The minimum Gasteiger partial charge on any atom is -0.465 e. The Balaban J connectivity index is 2.27. The number of hydrogen-bond acceptors (Lipinski definition) is 5. The summed E-state index contributed by atoms with van der Waals surface area (Å²) in [5.74, 6) is -2.03. The van der Waals surface area contributed by atoms with Crippen molar-refractivity contribution in [3.8, 4) is 5.75 Å². The molecule has 25 heavy (non-hydrogen) atoms. The van der Waals surface area contributed by atoms with Gasteiger partial charge in [-0.1, -0.05) is 6.07 Å². The van der Waals surface area contributed by atoms with Crippen molar-refractivity contribution in [1.82, 2.24) is 4.98 Å². The molecule has 0 aliphatic rings. The number of hydrogen-bond donors (Lipinski definition) is 0. The number of benzene rings is 1. The summed E-state index contributed by atoms with van der Waals surface area (Å²) in [7, 11) is 1.13. The second kappa shape index (κ2) is 7.78. The molecule has 0 N–H and O–H groups in total. The molecule has 1 aromatic heterocycles. The summed E-state index contributed by atoms with van der Waals surface area (Å²) < 4.78 is 46.0. The van der Waals surface area contributed by atoms with Crippen LogP contribution in [-0.2, 0) is 11.2 Å². The second-order valence-corrected chi connectivity index (χ2v) is 4.99. The zero-order chi connectivity index (χ0) is 18.4. The van der Waals surface area contributed by atoms with Crippen LogP contribution in [0.3, 0.4) is 0 Å². The van der Waals surface area contributed by atoms with Gasteiger partial charge in [0.1, 0.15) is 5.75 Å². The van der Waals surface area contributed by atoms with E-state index in [1.165, 1.54) is 0 Å². The summed E-state index contributed by atoms with van der Waals surface area (Å²) >= 11 is 0. The number of nitrogens with zero attached hydrogens (tertiary/aromatic N) is 1. The average Bonchev–Trinajstić information content (AvgIpc) is 2.59. The average molecular weight is 353 g/mol. The fourth-order valence-electron chi connectivity index (χ4n) is 2.13. The summed E-state index contributed by atoms with van der Waals surface area (Å²) in [6.07, 6.45) is -3.25. The smallest absolute Gasteiger partial charge is 0.465 e. The first kappa shape index (κ1) is 18.4. The molecule has 0 aliphatic heterocycles. The van der Waals surface area contributed by atoms with Crippen molar-refractivity contribution in [2.24, 2.45) is 0 Å². The van der Waals surface area contributed by atoms with Crippen molar-refractivity contribution in [3.05, 3.63) is 59.4 Å². The molecule has 5 nitrogen and oxygen atoms in total. The van der Waals surface area contributed by atoms with Gasteiger partial charge >= 0.3 is 12.3 Å². The summed E-state index contributed by atoms with van der Waals surface area (Å²) in [6, 6.07) is 8.21. The van der Waals surface area contributed by atoms with Crippen molar-refractivity contribution in [3.63, 3.8) is 0 Å². The zero-order valence-electron chi connectivity index (χ0n) is 13.2. The standard InChI is InChI=1S/C17H14F3NO4/c1-24-16(23)11-5-8-15(25-17(18,19)20)13(10-11)14(22)7-6-12-4-2-3-9-21-12/h2-5,8-10H,6-7H2,1H3. The lowest BCUT2D eigenvalue weighted by Crippen LogP contribution is -2.19. The van der Waals surface area contributed by atoms with Crippen molar-refractivity contribution in [2.45, 2.75) is 19.2 Å². The Morgan fingerprint density at radius 2 is 1.92 bits per heavy atom. The van der Waals surface area contributed by atoms with Crippen LogP contribution in [0.25, 0.3) is 0 Å². The monoisotopic (exact) mass is 353 g/mol. The Hall–Kier alpha value is -2.90. The molecular formula is C17H14F3NO4. The number of aromatic nitrogens is 1. The molecule has 8 heteroatoms. The maximum absolute atomic E-state index is 12.5. The predicted octanol–water partition coefficient (Wildman–Crippen LogP) is 3.58. The number of carbonyl (C=O) groups excluding carboxylic acids is 2. The predicted molar refractivity (Wildman–Crippen MR) is 81.4 cm³/mol. The molecule has 1 heterocycles. The Bertz CT molecular complexity index is 760. The van der Waals surface area contributed by atoms with Crippen LogP contribution in [0.2, 0.25) is 0 Å². The molecule has 0 unspecified atom stereocenters. The van der Waals surface area contributed by atoms with Gasteiger partial charge < -0.3 is 9.47 Å². The van der Waals surface area contributed by atoms with E-state index < -0.39 is 23.9 Å².